The molecule has 6 heteroatoms. The summed E-state index contributed by atoms with van der Waals surface area (Å²) in [5.41, 5.74) is 14.3. The summed E-state index contributed by atoms with van der Waals surface area (Å²) in [7, 11) is 1.89. The largest absolute Gasteiger partial charge is 0.456 e. The average molecular weight is 903 g/mol. The number of aromatic nitrogens is 1. The van der Waals surface area contributed by atoms with Crippen LogP contribution in [-0.2, 0) is 6.54 Å². The second-order valence-corrected chi connectivity index (χ2v) is 17.4. The Kier molecular flexibility index (Phi) is 10.9. The second-order valence-electron chi connectivity index (χ2n) is 17.4. The van der Waals surface area contributed by atoms with Gasteiger partial charge in [0, 0.05) is 56.1 Å². The van der Waals surface area contributed by atoms with Crippen molar-refractivity contribution >= 4 is 94.7 Å². The first-order valence-corrected chi connectivity index (χ1v) is 23.5. The van der Waals surface area contributed by atoms with Gasteiger partial charge >= 0.3 is 0 Å². The summed E-state index contributed by atoms with van der Waals surface area (Å²) in [6.45, 7) is 5.12. The molecule has 0 fully saturated rings. The number of hydrogen-bond acceptors (Lipinski definition) is 3. The molecule has 0 aliphatic carbocycles. The van der Waals surface area contributed by atoms with Gasteiger partial charge in [-0.15, -0.1) is 0 Å². The molecule has 334 valence electrons. The molecule has 0 amide bonds. The molecule has 9 aromatic carbocycles. The minimum Gasteiger partial charge on any atom is -0.456 e. The molecule has 0 unspecified atom stereocenters. The third-order valence-electron chi connectivity index (χ3n) is 13.1. The number of furan rings is 2. The Labute approximate surface area is 405 Å². The number of allylic oxidation sites excluding steroid dienone is 2. The summed E-state index contributed by atoms with van der Waals surface area (Å²) in [6, 6.07) is 75.7. The van der Waals surface area contributed by atoms with Gasteiger partial charge in [-0.05, 0) is 82.4 Å². The van der Waals surface area contributed by atoms with Gasteiger partial charge in [-0.25, -0.2) is 4.99 Å². The normalized spacial score (nSPS) is 12.8. The number of amidine groups is 2. The van der Waals surface area contributed by atoms with E-state index in [4.69, 9.17) is 25.4 Å². The highest BCUT2D eigenvalue weighted by Gasteiger charge is 2.21. The van der Waals surface area contributed by atoms with Crippen molar-refractivity contribution in [2.45, 2.75) is 6.54 Å². The number of fused-ring (bicyclic) bond motifs is 9. The molecule has 3 aromatic heterocycles. The van der Waals surface area contributed by atoms with Crippen molar-refractivity contribution in [2.75, 3.05) is 7.05 Å². The molecule has 12 rings (SSSR count). The first-order valence-electron chi connectivity index (χ1n) is 23.5. The molecule has 0 bridgehead atoms. The quantitative estimate of drug-likeness (QED) is 0.0844. The van der Waals surface area contributed by atoms with Crippen molar-refractivity contribution in [3.8, 4) is 11.1 Å². The molecular formula is C64H46N4O2. The smallest absolute Gasteiger partial charge is 0.158 e. The Morgan fingerprint density at radius 2 is 1.17 bits per heavy atom. The monoisotopic (exact) mass is 902 g/mol. The zero-order valence-electron chi connectivity index (χ0n) is 38.5. The van der Waals surface area contributed by atoms with E-state index in [0.717, 1.165) is 88.4 Å². The predicted octanol–water partition coefficient (Wildman–Crippen LogP) is 16.2. The molecule has 0 aliphatic heterocycles. The second kappa shape index (κ2) is 18.1. The standard InChI is InChI=1S/C64H46N4O2/c1-42(63(65-2)67-64(52-28-18-32-60-62(52)51-27-14-17-31-59(51)69-60)66-41-44-33-35-50-49-26-13-16-30-58(49)70-61(50)39-44)37-53(46-23-10-5-11-24-46)57(38-43-19-6-3-7-20-43)68-55-29-15-12-25-48(55)54-40-47(34-36-56(54)68)45-21-8-4-9-22-45/h3-40H,1,41H2,2H3,(H,65,66,67)/b53-37-,57-38-. The molecule has 0 aliphatic rings. The fourth-order valence-corrected chi connectivity index (χ4v) is 9.75. The van der Waals surface area contributed by atoms with E-state index in [1.807, 2.05) is 55.6 Å². The van der Waals surface area contributed by atoms with Crippen molar-refractivity contribution in [1.29, 1.82) is 0 Å². The van der Waals surface area contributed by atoms with Gasteiger partial charge < -0.3 is 18.7 Å². The Hall–Kier alpha value is -9.26. The summed E-state index contributed by atoms with van der Waals surface area (Å²) in [6.07, 6.45) is 4.43. The van der Waals surface area contributed by atoms with Crippen molar-refractivity contribution in [1.82, 2.24) is 9.88 Å². The van der Waals surface area contributed by atoms with Gasteiger partial charge in [-0.3, -0.25) is 4.99 Å². The molecule has 0 radical (unpaired) electrons. The summed E-state index contributed by atoms with van der Waals surface area (Å²) in [4.78, 5) is 10.8. The lowest BCUT2D eigenvalue weighted by Gasteiger charge is -2.19. The fourth-order valence-electron chi connectivity index (χ4n) is 9.75. The number of nitrogens with zero attached hydrogens (tertiary/aromatic N) is 3. The first-order chi connectivity index (χ1) is 34.6. The Balaban J connectivity index is 1.04. The Morgan fingerprint density at radius 1 is 0.543 bits per heavy atom. The number of aliphatic imine (C=N–C) groups is 2. The molecule has 0 saturated heterocycles. The third-order valence-corrected chi connectivity index (χ3v) is 13.1. The van der Waals surface area contributed by atoms with Crippen LogP contribution in [0.5, 0.6) is 0 Å². The van der Waals surface area contributed by atoms with Crippen molar-refractivity contribution in [3.05, 3.63) is 259 Å². The van der Waals surface area contributed by atoms with E-state index in [0.29, 0.717) is 23.8 Å². The maximum atomic E-state index is 6.40. The average Bonchev–Trinajstić information content (AvgIpc) is 4.10. The molecule has 6 nitrogen and oxygen atoms in total. The summed E-state index contributed by atoms with van der Waals surface area (Å²) in [5.74, 6) is 1.11. The molecule has 12 aromatic rings. The van der Waals surface area contributed by atoms with E-state index in [-0.39, 0.29) is 0 Å². The van der Waals surface area contributed by atoms with E-state index < -0.39 is 0 Å². The Bertz CT molecular complexity index is 4070. The third kappa shape index (κ3) is 7.77. The van der Waals surface area contributed by atoms with Crippen LogP contribution in [0.25, 0.3) is 94.2 Å². The van der Waals surface area contributed by atoms with Gasteiger partial charge in [0.05, 0.1) is 23.3 Å². The number of benzene rings is 9. The van der Waals surface area contributed by atoms with Crippen molar-refractivity contribution in [3.63, 3.8) is 0 Å². The highest BCUT2D eigenvalue weighted by molar-refractivity contribution is 6.23. The van der Waals surface area contributed by atoms with Crippen LogP contribution >= 0.6 is 0 Å². The summed E-state index contributed by atoms with van der Waals surface area (Å²) < 4.78 is 15.1. The lowest BCUT2D eigenvalue weighted by Crippen LogP contribution is -2.22. The highest BCUT2D eigenvalue weighted by Crippen LogP contribution is 2.40. The minimum absolute atomic E-state index is 0.357. The molecule has 0 saturated carbocycles. The number of hydrogen-bond donors (Lipinski definition) is 1. The molecule has 70 heavy (non-hydrogen) atoms. The van der Waals surface area contributed by atoms with Gasteiger partial charge in [0.25, 0.3) is 0 Å². The Morgan fingerprint density at radius 3 is 1.96 bits per heavy atom. The SMILES string of the molecule is C=C(/C=C(\C(=C\c1ccccc1)n1c2ccccc2c2cc(-c3ccccc3)ccc21)c1ccccc1)C(=NC(=NCc1ccc2c(c1)oc1ccccc12)c1cccc2oc3ccccc3c12)NC. The highest BCUT2D eigenvalue weighted by atomic mass is 16.3. The van der Waals surface area contributed by atoms with Gasteiger partial charge in [0.1, 0.15) is 28.2 Å². The van der Waals surface area contributed by atoms with Crippen LogP contribution in [0.4, 0.5) is 0 Å². The topological polar surface area (TPSA) is 68.0 Å². The van der Waals surface area contributed by atoms with E-state index in [1.165, 1.54) is 21.9 Å². The van der Waals surface area contributed by atoms with Gasteiger partial charge in [0.15, 0.2) is 5.84 Å². The fraction of sp³-hybridized carbons (Fsp3) is 0.0312. The molecule has 3 heterocycles. The van der Waals surface area contributed by atoms with Crippen LogP contribution < -0.4 is 5.32 Å². The van der Waals surface area contributed by atoms with Crippen molar-refractivity contribution < 1.29 is 8.83 Å². The molecule has 0 atom stereocenters. The maximum Gasteiger partial charge on any atom is 0.158 e. The number of para-hydroxylation sites is 3. The molecule has 1 N–H and O–H groups in total. The predicted molar refractivity (Wildman–Crippen MR) is 293 cm³/mol. The molecule has 0 spiro atoms. The molecular weight excluding hydrogens is 857 g/mol. The van der Waals surface area contributed by atoms with Gasteiger partial charge in [-0.2, -0.15) is 0 Å². The number of likely N-dealkylation sites (N-methyl/N-ethyl adjacent to an activating group) is 1. The first kappa shape index (κ1) is 42.1. The van der Waals surface area contributed by atoms with Crippen LogP contribution in [0.3, 0.4) is 0 Å². The van der Waals surface area contributed by atoms with Gasteiger partial charge in [0.2, 0.25) is 0 Å². The van der Waals surface area contributed by atoms with E-state index in [1.54, 1.807) is 0 Å². The summed E-state index contributed by atoms with van der Waals surface area (Å²) in [5, 5.41) is 9.88. The van der Waals surface area contributed by atoms with Crippen LogP contribution in [0.15, 0.2) is 255 Å². The number of rotatable bonds is 10. The van der Waals surface area contributed by atoms with Crippen LogP contribution in [-0.4, -0.2) is 23.3 Å². The minimum atomic E-state index is 0.357. The van der Waals surface area contributed by atoms with E-state index in [2.05, 4.69) is 192 Å². The van der Waals surface area contributed by atoms with E-state index in [9.17, 15) is 0 Å². The lowest BCUT2D eigenvalue weighted by molar-refractivity contribution is 0.668. The summed E-state index contributed by atoms with van der Waals surface area (Å²) >= 11 is 0. The van der Waals surface area contributed by atoms with Crippen molar-refractivity contribution in [2.24, 2.45) is 9.98 Å². The lowest BCUT2D eigenvalue weighted by atomic mass is 9.97. The zero-order valence-corrected chi connectivity index (χ0v) is 38.5. The maximum absolute atomic E-state index is 6.40. The van der Waals surface area contributed by atoms with Crippen LogP contribution in [0, 0.1) is 0 Å². The van der Waals surface area contributed by atoms with Crippen LogP contribution in [0.1, 0.15) is 22.3 Å². The van der Waals surface area contributed by atoms with E-state index >= 15 is 0 Å². The van der Waals surface area contributed by atoms with Gasteiger partial charge in [-0.1, -0.05) is 183 Å². The number of nitrogens with one attached hydrogen (secondary N) is 1. The van der Waals surface area contributed by atoms with Crippen LogP contribution in [0.2, 0.25) is 0 Å². The zero-order chi connectivity index (χ0) is 47.0.